The molecule has 25 heavy (non-hydrogen) atoms. The van der Waals surface area contributed by atoms with Crippen molar-refractivity contribution < 1.29 is 29.6 Å². The second-order valence-corrected chi connectivity index (χ2v) is 5.78. The molecule has 0 spiro atoms. The number of imide groups is 2. The lowest BCUT2D eigenvalue weighted by molar-refractivity contribution is -0.0330. The Bertz CT molecular complexity index is 917. The first kappa shape index (κ1) is 15.2. The number of hydroxylamine groups is 4. The number of fused-ring (bicyclic) bond motifs is 2. The topological polar surface area (TPSA) is 115 Å². The fourth-order valence-corrected chi connectivity index (χ4v) is 3.01. The van der Waals surface area contributed by atoms with Crippen LogP contribution in [0.5, 0.6) is 0 Å². The third-order valence-electron chi connectivity index (χ3n) is 4.27. The molecule has 124 valence electrons. The SMILES string of the molecule is O=C1c2ccc(Cc3ccc4c(c3)C(=O)N(O)C4=O)cc2C(=O)N1O. The van der Waals surface area contributed by atoms with Crippen LogP contribution in [-0.4, -0.2) is 44.2 Å². The van der Waals surface area contributed by atoms with Gasteiger partial charge in [0.2, 0.25) is 0 Å². The third-order valence-corrected chi connectivity index (χ3v) is 4.27. The molecule has 2 aliphatic rings. The summed E-state index contributed by atoms with van der Waals surface area (Å²) < 4.78 is 0. The molecule has 0 radical (unpaired) electrons. The summed E-state index contributed by atoms with van der Waals surface area (Å²) >= 11 is 0. The summed E-state index contributed by atoms with van der Waals surface area (Å²) in [5.74, 6) is -3.10. The van der Waals surface area contributed by atoms with Crippen molar-refractivity contribution in [1.82, 2.24) is 10.1 Å². The molecule has 2 aromatic carbocycles. The predicted molar refractivity (Wildman–Crippen MR) is 80.3 cm³/mol. The average Bonchev–Trinajstić information content (AvgIpc) is 2.96. The lowest BCUT2D eigenvalue weighted by atomic mass is 9.98. The molecule has 2 aromatic rings. The first-order chi connectivity index (χ1) is 11.9. The van der Waals surface area contributed by atoms with Crippen LogP contribution in [0.2, 0.25) is 0 Å². The second kappa shape index (κ2) is 5.07. The zero-order valence-electron chi connectivity index (χ0n) is 12.6. The summed E-state index contributed by atoms with van der Waals surface area (Å²) in [5.41, 5.74) is 1.85. The molecule has 0 atom stereocenters. The van der Waals surface area contributed by atoms with E-state index in [1.165, 1.54) is 24.3 Å². The highest BCUT2D eigenvalue weighted by Gasteiger charge is 2.36. The van der Waals surface area contributed by atoms with Crippen molar-refractivity contribution in [3.63, 3.8) is 0 Å². The van der Waals surface area contributed by atoms with Crippen molar-refractivity contribution >= 4 is 23.6 Å². The first-order valence-corrected chi connectivity index (χ1v) is 7.29. The van der Waals surface area contributed by atoms with E-state index < -0.39 is 23.6 Å². The predicted octanol–water partition coefficient (Wildman–Crippen LogP) is 1.25. The lowest BCUT2D eigenvalue weighted by Crippen LogP contribution is -2.25. The van der Waals surface area contributed by atoms with Crippen LogP contribution < -0.4 is 0 Å². The summed E-state index contributed by atoms with van der Waals surface area (Å²) in [6.07, 6.45) is 0.334. The second-order valence-electron chi connectivity index (χ2n) is 5.78. The van der Waals surface area contributed by atoms with E-state index in [0.717, 1.165) is 0 Å². The Hall–Kier alpha value is -3.36. The molecule has 8 nitrogen and oxygen atoms in total. The van der Waals surface area contributed by atoms with Gasteiger partial charge in [-0.2, -0.15) is 0 Å². The first-order valence-electron chi connectivity index (χ1n) is 7.29. The molecule has 0 aliphatic carbocycles. The summed E-state index contributed by atoms with van der Waals surface area (Å²) in [6.45, 7) is 0. The largest absolute Gasteiger partial charge is 0.285 e. The monoisotopic (exact) mass is 338 g/mol. The van der Waals surface area contributed by atoms with Crippen molar-refractivity contribution in [1.29, 1.82) is 0 Å². The van der Waals surface area contributed by atoms with Gasteiger partial charge in [0.25, 0.3) is 23.6 Å². The number of carbonyl (C=O) groups is 4. The van der Waals surface area contributed by atoms with E-state index in [-0.39, 0.29) is 32.4 Å². The number of nitrogens with zero attached hydrogens (tertiary/aromatic N) is 2. The highest BCUT2D eigenvalue weighted by atomic mass is 16.5. The Morgan fingerprint density at radius 2 is 0.960 bits per heavy atom. The fraction of sp³-hybridized carbons (Fsp3) is 0.0588. The van der Waals surface area contributed by atoms with Gasteiger partial charge in [0, 0.05) is 0 Å². The Kier molecular flexibility index (Phi) is 3.08. The van der Waals surface area contributed by atoms with Gasteiger partial charge in [-0.3, -0.25) is 29.6 Å². The van der Waals surface area contributed by atoms with Gasteiger partial charge in [0.15, 0.2) is 0 Å². The van der Waals surface area contributed by atoms with Gasteiger partial charge in [-0.25, -0.2) is 0 Å². The normalized spacial score (nSPS) is 15.9. The Labute approximate surface area is 140 Å². The van der Waals surface area contributed by atoms with Crippen LogP contribution in [0.15, 0.2) is 36.4 Å². The van der Waals surface area contributed by atoms with Crippen LogP contribution in [0, 0.1) is 0 Å². The summed E-state index contributed by atoms with van der Waals surface area (Å²) in [4.78, 5) is 47.0. The number of benzene rings is 2. The van der Waals surface area contributed by atoms with Crippen LogP contribution in [0.3, 0.4) is 0 Å². The summed E-state index contributed by atoms with van der Waals surface area (Å²) in [6, 6.07) is 9.20. The average molecular weight is 338 g/mol. The van der Waals surface area contributed by atoms with E-state index in [4.69, 9.17) is 0 Å². The summed E-state index contributed by atoms with van der Waals surface area (Å²) in [7, 11) is 0. The third kappa shape index (κ3) is 2.09. The van der Waals surface area contributed by atoms with E-state index in [0.29, 0.717) is 17.5 Å². The Balaban J connectivity index is 1.67. The molecular formula is C17H10N2O6. The molecule has 2 aliphatic heterocycles. The van der Waals surface area contributed by atoms with E-state index >= 15 is 0 Å². The molecular weight excluding hydrogens is 328 g/mol. The van der Waals surface area contributed by atoms with Gasteiger partial charge in [-0.15, -0.1) is 10.1 Å². The minimum atomic E-state index is -0.785. The molecule has 0 saturated carbocycles. The standard InChI is InChI=1S/C17H10N2O6/c20-14-10-3-1-8(6-12(10)16(22)18(14)24)5-9-2-4-11-13(7-9)17(23)19(25)15(11)21/h1-4,6-7,24-25H,5H2. The maximum atomic E-state index is 11.8. The van der Waals surface area contributed by atoms with Crippen molar-refractivity contribution in [2.45, 2.75) is 6.42 Å². The van der Waals surface area contributed by atoms with Gasteiger partial charge in [-0.1, -0.05) is 12.1 Å². The molecule has 0 unspecified atom stereocenters. The number of hydrogen-bond acceptors (Lipinski definition) is 6. The Morgan fingerprint density at radius 1 is 0.600 bits per heavy atom. The zero-order chi connectivity index (χ0) is 17.9. The van der Waals surface area contributed by atoms with Crippen LogP contribution in [0.4, 0.5) is 0 Å². The van der Waals surface area contributed by atoms with Crippen molar-refractivity contribution in [2.75, 3.05) is 0 Å². The highest BCUT2D eigenvalue weighted by molar-refractivity contribution is 6.21. The van der Waals surface area contributed by atoms with Gasteiger partial charge in [0.1, 0.15) is 0 Å². The molecule has 4 amide bonds. The van der Waals surface area contributed by atoms with Crippen molar-refractivity contribution in [2.24, 2.45) is 0 Å². The van der Waals surface area contributed by atoms with Crippen LogP contribution in [-0.2, 0) is 6.42 Å². The molecule has 2 heterocycles. The minimum Gasteiger partial charge on any atom is -0.278 e. The molecule has 8 heteroatoms. The molecule has 0 saturated heterocycles. The maximum absolute atomic E-state index is 11.8. The molecule has 0 bridgehead atoms. The molecule has 2 N–H and O–H groups in total. The van der Waals surface area contributed by atoms with Gasteiger partial charge in [0.05, 0.1) is 22.3 Å². The Morgan fingerprint density at radius 3 is 1.36 bits per heavy atom. The number of amides is 4. The molecule has 0 aromatic heterocycles. The van der Waals surface area contributed by atoms with E-state index in [1.807, 2.05) is 0 Å². The number of rotatable bonds is 2. The summed E-state index contributed by atoms with van der Waals surface area (Å²) in [5, 5.41) is 18.9. The lowest BCUT2D eigenvalue weighted by Gasteiger charge is -2.05. The number of hydrogen-bond donors (Lipinski definition) is 2. The van der Waals surface area contributed by atoms with Crippen molar-refractivity contribution in [3.05, 3.63) is 69.8 Å². The maximum Gasteiger partial charge on any atom is 0.285 e. The van der Waals surface area contributed by atoms with Crippen molar-refractivity contribution in [3.8, 4) is 0 Å². The van der Waals surface area contributed by atoms with Crippen LogP contribution in [0.1, 0.15) is 52.6 Å². The quantitative estimate of drug-likeness (QED) is 0.629. The smallest absolute Gasteiger partial charge is 0.278 e. The van der Waals surface area contributed by atoms with Gasteiger partial charge >= 0.3 is 0 Å². The van der Waals surface area contributed by atoms with Gasteiger partial charge < -0.3 is 0 Å². The van der Waals surface area contributed by atoms with E-state index in [1.54, 1.807) is 12.1 Å². The van der Waals surface area contributed by atoms with E-state index in [9.17, 15) is 29.6 Å². The van der Waals surface area contributed by atoms with Crippen LogP contribution in [0.25, 0.3) is 0 Å². The molecule has 4 rings (SSSR count). The number of carbonyl (C=O) groups excluding carboxylic acids is 4. The highest BCUT2D eigenvalue weighted by Crippen LogP contribution is 2.26. The minimum absolute atomic E-state index is 0.0734. The fourth-order valence-electron chi connectivity index (χ4n) is 3.01. The molecule has 0 fully saturated rings. The van der Waals surface area contributed by atoms with E-state index in [2.05, 4.69) is 0 Å². The van der Waals surface area contributed by atoms with Crippen LogP contribution >= 0.6 is 0 Å². The zero-order valence-corrected chi connectivity index (χ0v) is 12.6. The van der Waals surface area contributed by atoms with Gasteiger partial charge in [-0.05, 0) is 41.8 Å².